The van der Waals surface area contributed by atoms with Crippen molar-refractivity contribution in [3.05, 3.63) is 87.4 Å². The molecule has 3 nitrogen and oxygen atoms in total. The molecule has 116 valence electrons. The SMILES string of the molecule is Cc1ccc(C)c(C(NC(=O)c2cccs2)c2cccnc2)c1. The van der Waals surface area contributed by atoms with E-state index < -0.39 is 0 Å². The van der Waals surface area contributed by atoms with Gasteiger partial charge in [-0.15, -0.1) is 11.3 Å². The van der Waals surface area contributed by atoms with Crippen molar-refractivity contribution < 1.29 is 4.79 Å². The number of aryl methyl sites for hydroxylation is 2. The number of nitrogens with zero attached hydrogens (tertiary/aromatic N) is 1. The first-order valence-electron chi connectivity index (χ1n) is 7.46. The summed E-state index contributed by atoms with van der Waals surface area (Å²) in [6.07, 6.45) is 3.55. The smallest absolute Gasteiger partial charge is 0.262 e. The standard InChI is InChI=1S/C19H18N2OS/c1-13-7-8-14(2)16(11-13)18(15-5-3-9-20-12-15)21-19(22)17-6-4-10-23-17/h3-12,18H,1-2H3,(H,21,22). The van der Waals surface area contributed by atoms with E-state index >= 15 is 0 Å². The average Bonchev–Trinajstić information content (AvgIpc) is 3.10. The molecule has 4 heteroatoms. The number of carbonyl (C=O) groups excluding carboxylic acids is 1. The number of rotatable bonds is 4. The Morgan fingerprint density at radius 1 is 1.17 bits per heavy atom. The molecule has 0 aliphatic rings. The van der Waals surface area contributed by atoms with Crippen LogP contribution in [-0.2, 0) is 0 Å². The molecule has 3 rings (SSSR count). The minimum atomic E-state index is -0.210. The molecule has 0 fully saturated rings. The van der Waals surface area contributed by atoms with Crippen molar-refractivity contribution in [1.82, 2.24) is 10.3 Å². The molecule has 2 aromatic heterocycles. The van der Waals surface area contributed by atoms with Crippen LogP contribution >= 0.6 is 11.3 Å². The number of hydrogen-bond acceptors (Lipinski definition) is 3. The molecule has 3 aromatic rings. The maximum atomic E-state index is 12.5. The van der Waals surface area contributed by atoms with Gasteiger partial charge in [-0.05, 0) is 48.1 Å². The van der Waals surface area contributed by atoms with Crippen molar-refractivity contribution in [2.24, 2.45) is 0 Å². The van der Waals surface area contributed by atoms with Gasteiger partial charge in [-0.1, -0.05) is 35.9 Å². The summed E-state index contributed by atoms with van der Waals surface area (Å²) in [4.78, 5) is 17.5. The summed E-state index contributed by atoms with van der Waals surface area (Å²) in [7, 11) is 0. The van der Waals surface area contributed by atoms with Crippen LogP contribution in [-0.4, -0.2) is 10.9 Å². The van der Waals surface area contributed by atoms with E-state index in [1.165, 1.54) is 16.9 Å². The summed E-state index contributed by atoms with van der Waals surface area (Å²) in [6, 6.07) is 13.7. The van der Waals surface area contributed by atoms with Crippen molar-refractivity contribution >= 4 is 17.2 Å². The van der Waals surface area contributed by atoms with Crippen LogP contribution in [0.4, 0.5) is 0 Å². The van der Waals surface area contributed by atoms with E-state index in [1.54, 1.807) is 12.4 Å². The second-order valence-electron chi connectivity index (χ2n) is 5.53. The molecule has 1 unspecified atom stereocenters. The fourth-order valence-electron chi connectivity index (χ4n) is 2.57. The summed E-state index contributed by atoms with van der Waals surface area (Å²) in [5.74, 6) is -0.0604. The Bertz CT molecular complexity index is 798. The molecule has 0 aliphatic carbocycles. The highest BCUT2D eigenvalue weighted by atomic mass is 32.1. The summed E-state index contributed by atoms with van der Waals surface area (Å²) < 4.78 is 0. The largest absolute Gasteiger partial charge is 0.340 e. The third-order valence-electron chi connectivity index (χ3n) is 3.78. The quantitative estimate of drug-likeness (QED) is 0.779. The van der Waals surface area contributed by atoms with E-state index in [1.807, 2.05) is 29.6 Å². The second-order valence-corrected chi connectivity index (χ2v) is 6.48. The van der Waals surface area contributed by atoms with Crippen LogP contribution in [0.5, 0.6) is 0 Å². The molecule has 0 aliphatic heterocycles. The number of carbonyl (C=O) groups is 1. The van der Waals surface area contributed by atoms with Crippen molar-refractivity contribution in [3.8, 4) is 0 Å². The van der Waals surface area contributed by atoms with Gasteiger partial charge in [-0.25, -0.2) is 0 Å². The predicted octanol–water partition coefficient (Wildman–Crippen LogP) is 4.28. The average molecular weight is 322 g/mol. The third kappa shape index (κ3) is 3.48. The predicted molar refractivity (Wildman–Crippen MR) is 93.8 cm³/mol. The molecular weight excluding hydrogens is 304 g/mol. The summed E-state index contributed by atoms with van der Waals surface area (Å²) in [6.45, 7) is 4.12. The lowest BCUT2D eigenvalue weighted by Crippen LogP contribution is -2.29. The van der Waals surface area contributed by atoms with E-state index in [-0.39, 0.29) is 11.9 Å². The van der Waals surface area contributed by atoms with Gasteiger partial charge in [0.05, 0.1) is 10.9 Å². The van der Waals surface area contributed by atoms with Crippen LogP contribution in [0.3, 0.4) is 0 Å². The minimum absolute atomic E-state index is 0.0604. The van der Waals surface area contributed by atoms with Crippen LogP contribution in [0.15, 0.2) is 60.2 Å². The Hall–Kier alpha value is -2.46. The molecule has 1 atom stereocenters. The lowest BCUT2D eigenvalue weighted by molar-refractivity contribution is 0.0947. The minimum Gasteiger partial charge on any atom is -0.340 e. The normalized spacial score (nSPS) is 11.9. The number of aromatic nitrogens is 1. The van der Waals surface area contributed by atoms with Gasteiger partial charge in [0.15, 0.2) is 0 Å². The maximum Gasteiger partial charge on any atom is 0.262 e. The van der Waals surface area contributed by atoms with Crippen molar-refractivity contribution in [2.45, 2.75) is 19.9 Å². The fourth-order valence-corrected chi connectivity index (χ4v) is 3.20. The molecule has 23 heavy (non-hydrogen) atoms. The van der Waals surface area contributed by atoms with E-state index in [4.69, 9.17) is 0 Å². The Kier molecular flexibility index (Phi) is 4.53. The fraction of sp³-hybridized carbons (Fsp3) is 0.158. The van der Waals surface area contributed by atoms with Crippen LogP contribution in [0.2, 0.25) is 0 Å². The topological polar surface area (TPSA) is 42.0 Å². The number of pyridine rings is 1. The van der Waals surface area contributed by atoms with Crippen molar-refractivity contribution in [1.29, 1.82) is 0 Å². The van der Waals surface area contributed by atoms with Gasteiger partial charge < -0.3 is 5.32 Å². The molecule has 1 amide bonds. The van der Waals surface area contributed by atoms with Gasteiger partial charge in [0.25, 0.3) is 5.91 Å². The molecule has 0 saturated carbocycles. The van der Waals surface area contributed by atoms with Gasteiger partial charge in [0.1, 0.15) is 0 Å². The second kappa shape index (κ2) is 6.75. The van der Waals surface area contributed by atoms with Gasteiger partial charge in [-0.2, -0.15) is 0 Å². The van der Waals surface area contributed by atoms with Gasteiger partial charge >= 0.3 is 0 Å². The molecule has 0 spiro atoms. The zero-order valence-electron chi connectivity index (χ0n) is 13.1. The molecule has 1 N–H and O–H groups in total. The van der Waals surface area contributed by atoms with E-state index in [2.05, 4.69) is 42.3 Å². The van der Waals surface area contributed by atoms with Gasteiger partial charge in [0, 0.05) is 12.4 Å². The monoisotopic (exact) mass is 322 g/mol. The molecule has 0 saturated heterocycles. The Balaban J connectivity index is 2.00. The number of thiophene rings is 1. The van der Waals surface area contributed by atoms with Crippen LogP contribution in [0.25, 0.3) is 0 Å². The van der Waals surface area contributed by atoms with Crippen LogP contribution in [0, 0.1) is 13.8 Å². The van der Waals surface area contributed by atoms with E-state index in [0.717, 1.165) is 16.7 Å². The molecule has 0 radical (unpaired) electrons. The zero-order valence-corrected chi connectivity index (χ0v) is 13.9. The van der Waals surface area contributed by atoms with Crippen LogP contribution in [0.1, 0.15) is 38.0 Å². The summed E-state index contributed by atoms with van der Waals surface area (Å²) in [5, 5.41) is 5.06. The maximum absolute atomic E-state index is 12.5. The van der Waals surface area contributed by atoms with Crippen molar-refractivity contribution in [2.75, 3.05) is 0 Å². The molecule has 2 heterocycles. The van der Waals surface area contributed by atoms with E-state index in [0.29, 0.717) is 4.88 Å². The lowest BCUT2D eigenvalue weighted by Gasteiger charge is -2.21. The highest BCUT2D eigenvalue weighted by Crippen LogP contribution is 2.26. The van der Waals surface area contributed by atoms with E-state index in [9.17, 15) is 4.79 Å². The van der Waals surface area contributed by atoms with Gasteiger partial charge in [0.2, 0.25) is 0 Å². The van der Waals surface area contributed by atoms with Gasteiger partial charge in [-0.3, -0.25) is 9.78 Å². The first-order valence-corrected chi connectivity index (χ1v) is 8.34. The highest BCUT2D eigenvalue weighted by Gasteiger charge is 2.20. The van der Waals surface area contributed by atoms with Crippen molar-refractivity contribution in [3.63, 3.8) is 0 Å². The summed E-state index contributed by atoms with van der Waals surface area (Å²) in [5.41, 5.74) is 4.40. The first kappa shape index (κ1) is 15.4. The Morgan fingerprint density at radius 3 is 2.74 bits per heavy atom. The molecule has 1 aromatic carbocycles. The Labute approximate surface area is 140 Å². The first-order chi connectivity index (χ1) is 11.1. The number of benzene rings is 1. The highest BCUT2D eigenvalue weighted by molar-refractivity contribution is 7.12. The number of amides is 1. The van der Waals surface area contributed by atoms with Crippen LogP contribution < -0.4 is 5.32 Å². The molecular formula is C19H18N2OS. The zero-order chi connectivity index (χ0) is 16.2. The lowest BCUT2D eigenvalue weighted by atomic mass is 9.94. The number of nitrogens with one attached hydrogen (secondary N) is 1. The molecule has 0 bridgehead atoms. The summed E-state index contributed by atoms with van der Waals surface area (Å²) >= 11 is 1.44. The third-order valence-corrected chi connectivity index (χ3v) is 4.65. The Morgan fingerprint density at radius 2 is 2.04 bits per heavy atom. The number of hydrogen-bond donors (Lipinski definition) is 1.